The minimum Gasteiger partial charge on any atom is -0.367 e. The zero-order valence-electron chi connectivity index (χ0n) is 16.3. The molecular weight excluding hydrogens is 359 g/mol. The third-order valence-corrected chi connectivity index (χ3v) is 5.03. The summed E-state index contributed by atoms with van der Waals surface area (Å²) in [5.74, 6) is -1.16. The van der Waals surface area contributed by atoms with Gasteiger partial charge in [0.2, 0.25) is 0 Å². The van der Waals surface area contributed by atoms with Gasteiger partial charge in [0.05, 0.1) is 5.56 Å². The molecule has 0 bridgehead atoms. The van der Waals surface area contributed by atoms with Crippen LogP contribution in [0.5, 0.6) is 0 Å². The SMILES string of the molecule is CNC(=O)c1cc(NC(=O)N2CCN(c3ccccc3C)CC2C)ccc1F. The summed E-state index contributed by atoms with van der Waals surface area (Å²) in [4.78, 5) is 28.5. The van der Waals surface area contributed by atoms with Crippen LogP contribution in [0.15, 0.2) is 42.5 Å². The second-order valence-corrected chi connectivity index (χ2v) is 6.98. The van der Waals surface area contributed by atoms with Gasteiger partial charge in [0.15, 0.2) is 0 Å². The van der Waals surface area contributed by atoms with Crippen molar-refractivity contribution in [1.29, 1.82) is 0 Å². The molecule has 7 heteroatoms. The number of rotatable bonds is 3. The van der Waals surface area contributed by atoms with Crippen molar-refractivity contribution in [3.8, 4) is 0 Å². The van der Waals surface area contributed by atoms with Crippen molar-refractivity contribution >= 4 is 23.3 Å². The first-order chi connectivity index (χ1) is 13.4. The summed E-state index contributed by atoms with van der Waals surface area (Å²) in [5.41, 5.74) is 2.68. The van der Waals surface area contributed by atoms with Crippen LogP contribution in [0.3, 0.4) is 0 Å². The molecule has 0 saturated carbocycles. The normalized spacial score (nSPS) is 16.6. The Morgan fingerprint density at radius 2 is 1.89 bits per heavy atom. The summed E-state index contributed by atoms with van der Waals surface area (Å²) in [7, 11) is 1.43. The van der Waals surface area contributed by atoms with Crippen molar-refractivity contribution in [2.24, 2.45) is 0 Å². The highest BCUT2D eigenvalue weighted by Crippen LogP contribution is 2.23. The molecule has 1 aliphatic rings. The van der Waals surface area contributed by atoms with Crippen molar-refractivity contribution in [2.75, 3.05) is 36.9 Å². The monoisotopic (exact) mass is 384 g/mol. The van der Waals surface area contributed by atoms with E-state index < -0.39 is 11.7 Å². The van der Waals surface area contributed by atoms with Crippen molar-refractivity contribution in [2.45, 2.75) is 19.9 Å². The van der Waals surface area contributed by atoms with E-state index >= 15 is 0 Å². The number of para-hydroxylation sites is 1. The van der Waals surface area contributed by atoms with Crippen LogP contribution < -0.4 is 15.5 Å². The van der Waals surface area contributed by atoms with E-state index in [0.717, 1.165) is 13.1 Å². The molecule has 1 saturated heterocycles. The largest absolute Gasteiger partial charge is 0.367 e. The van der Waals surface area contributed by atoms with E-state index in [9.17, 15) is 14.0 Å². The van der Waals surface area contributed by atoms with Crippen molar-refractivity contribution in [3.63, 3.8) is 0 Å². The third-order valence-electron chi connectivity index (χ3n) is 5.03. The highest BCUT2D eigenvalue weighted by Gasteiger charge is 2.28. The fraction of sp³-hybridized carbons (Fsp3) is 0.333. The van der Waals surface area contributed by atoms with Crippen LogP contribution >= 0.6 is 0 Å². The first-order valence-electron chi connectivity index (χ1n) is 9.30. The molecule has 2 aromatic carbocycles. The molecule has 3 amide bonds. The molecule has 0 aliphatic carbocycles. The van der Waals surface area contributed by atoms with Gasteiger partial charge in [0, 0.05) is 44.1 Å². The Kier molecular flexibility index (Phi) is 5.82. The molecule has 1 fully saturated rings. The number of anilines is 2. The summed E-state index contributed by atoms with van der Waals surface area (Å²) < 4.78 is 13.8. The molecule has 1 aliphatic heterocycles. The van der Waals surface area contributed by atoms with E-state index in [-0.39, 0.29) is 17.6 Å². The number of urea groups is 1. The van der Waals surface area contributed by atoms with Crippen molar-refractivity contribution in [1.82, 2.24) is 10.2 Å². The van der Waals surface area contributed by atoms with Gasteiger partial charge < -0.3 is 20.4 Å². The van der Waals surface area contributed by atoms with E-state index in [2.05, 4.69) is 34.6 Å². The van der Waals surface area contributed by atoms with Gasteiger partial charge in [-0.1, -0.05) is 18.2 Å². The number of amides is 3. The standard InChI is InChI=1S/C21H25FN4O2/c1-14-6-4-5-7-19(14)25-10-11-26(15(2)13-25)21(28)24-16-8-9-18(22)17(12-16)20(27)23-3/h4-9,12,15H,10-11,13H2,1-3H3,(H,23,27)(H,24,28). The lowest BCUT2D eigenvalue weighted by molar-refractivity contribution is 0.0959. The number of hydrogen-bond donors (Lipinski definition) is 2. The minimum atomic E-state index is -0.627. The summed E-state index contributed by atoms with van der Waals surface area (Å²) in [6.07, 6.45) is 0. The minimum absolute atomic E-state index is 0.00668. The average Bonchev–Trinajstić information content (AvgIpc) is 2.69. The quantitative estimate of drug-likeness (QED) is 0.854. The third kappa shape index (κ3) is 4.08. The summed E-state index contributed by atoms with van der Waals surface area (Å²) in [6.45, 7) is 6.12. The molecule has 2 aromatic rings. The van der Waals surface area contributed by atoms with E-state index in [1.807, 2.05) is 19.1 Å². The number of hydrogen-bond acceptors (Lipinski definition) is 3. The van der Waals surface area contributed by atoms with Gasteiger partial charge >= 0.3 is 6.03 Å². The van der Waals surface area contributed by atoms with E-state index in [0.29, 0.717) is 12.2 Å². The number of nitrogens with zero attached hydrogens (tertiary/aromatic N) is 2. The Balaban J connectivity index is 1.68. The van der Waals surface area contributed by atoms with E-state index in [4.69, 9.17) is 0 Å². The summed E-state index contributed by atoms with van der Waals surface area (Å²) in [5, 5.41) is 5.17. The van der Waals surface area contributed by atoms with Crippen LogP contribution in [0, 0.1) is 12.7 Å². The maximum Gasteiger partial charge on any atom is 0.322 e. The molecule has 28 heavy (non-hydrogen) atoms. The van der Waals surface area contributed by atoms with Crippen LogP contribution in [0.1, 0.15) is 22.8 Å². The van der Waals surface area contributed by atoms with Crippen LogP contribution in [0.25, 0.3) is 0 Å². The first kappa shape index (κ1) is 19.7. The average molecular weight is 384 g/mol. The van der Waals surface area contributed by atoms with Gasteiger partial charge in [-0.25, -0.2) is 9.18 Å². The lowest BCUT2D eigenvalue weighted by Crippen LogP contribution is -2.55. The molecule has 0 radical (unpaired) electrons. The smallest absolute Gasteiger partial charge is 0.322 e. The predicted molar refractivity (Wildman–Crippen MR) is 108 cm³/mol. The number of piperazine rings is 1. The Hall–Kier alpha value is -3.09. The Morgan fingerprint density at radius 1 is 1.14 bits per heavy atom. The van der Waals surface area contributed by atoms with Gasteiger partial charge in [-0.3, -0.25) is 4.79 Å². The molecule has 3 rings (SSSR count). The van der Waals surface area contributed by atoms with Gasteiger partial charge in [-0.15, -0.1) is 0 Å². The van der Waals surface area contributed by atoms with Crippen LogP contribution in [0.4, 0.5) is 20.6 Å². The van der Waals surface area contributed by atoms with Crippen LogP contribution in [-0.2, 0) is 0 Å². The number of benzene rings is 2. The van der Waals surface area contributed by atoms with Crippen molar-refractivity contribution in [3.05, 3.63) is 59.4 Å². The fourth-order valence-corrected chi connectivity index (χ4v) is 3.50. The first-order valence-corrected chi connectivity index (χ1v) is 9.30. The number of halogens is 1. The predicted octanol–water partition coefficient (Wildman–Crippen LogP) is 3.24. The number of nitrogens with one attached hydrogen (secondary N) is 2. The van der Waals surface area contributed by atoms with E-state index in [1.165, 1.54) is 36.5 Å². The number of aryl methyl sites for hydroxylation is 1. The molecule has 148 valence electrons. The zero-order valence-corrected chi connectivity index (χ0v) is 16.3. The second kappa shape index (κ2) is 8.29. The van der Waals surface area contributed by atoms with Gasteiger partial charge in [-0.2, -0.15) is 0 Å². The Labute approximate surface area is 164 Å². The topological polar surface area (TPSA) is 64.7 Å². The van der Waals surface area contributed by atoms with Gasteiger partial charge in [0.25, 0.3) is 5.91 Å². The van der Waals surface area contributed by atoms with Gasteiger partial charge in [0.1, 0.15) is 5.82 Å². The van der Waals surface area contributed by atoms with Crippen molar-refractivity contribution < 1.29 is 14.0 Å². The molecule has 2 N–H and O–H groups in total. The number of carbonyl (C=O) groups excluding carboxylic acids is 2. The highest BCUT2D eigenvalue weighted by atomic mass is 19.1. The van der Waals surface area contributed by atoms with Gasteiger partial charge in [-0.05, 0) is 43.7 Å². The molecular formula is C21H25FN4O2. The summed E-state index contributed by atoms with van der Waals surface area (Å²) >= 11 is 0. The Morgan fingerprint density at radius 3 is 2.57 bits per heavy atom. The Bertz CT molecular complexity index is 886. The van der Waals surface area contributed by atoms with E-state index in [1.54, 1.807) is 4.90 Å². The number of carbonyl (C=O) groups is 2. The maximum atomic E-state index is 13.8. The van der Waals surface area contributed by atoms with Crippen LogP contribution in [-0.4, -0.2) is 49.6 Å². The molecule has 0 spiro atoms. The molecule has 1 heterocycles. The molecule has 1 atom stereocenters. The summed E-state index contributed by atoms with van der Waals surface area (Å²) in [6, 6.07) is 11.9. The molecule has 6 nitrogen and oxygen atoms in total. The highest BCUT2D eigenvalue weighted by molar-refractivity contribution is 5.97. The molecule has 0 aromatic heterocycles. The lowest BCUT2D eigenvalue weighted by atomic mass is 10.1. The zero-order chi connectivity index (χ0) is 20.3. The second-order valence-electron chi connectivity index (χ2n) is 6.98. The maximum absolute atomic E-state index is 13.8. The lowest BCUT2D eigenvalue weighted by Gasteiger charge is -2.41. The molecule has 1 unspecified atom stereocenters. The van der Waals surface area contributed by atoms with Crippen LogP contribution in [0.2, 0.25) is 0 Å². The fourth-order valence-electron chi connectivity index (χ4n) is 3.50.